The third kappa shape index (κ3) is 4.25. The highest BCUT2D eigenvalue weighted by Crippen LogP contribution is 2.29. The summed E-state index contributed by atoms with van der Waals surface area (Å²) in [6.45, 7) is -0.296. The van der Waals surface area contributed by atoms with Crippen molar-refractivity contribution in [2.24, 2.45) is 0 Å². The molecule has 1 aromatic heterocycles. The molecule has 1 aliphatic rings. The molecule has 0 aliphatic heterocycles. The standard InChI is InChI=1S/C17H17ClN2O5S/c18-11-3-7-13(8-4-11)26(23,24)15(14-2-1-9-25-14)10-19-16(21)17(22)20-12-5-6-12/h1-4,7-9,12,15H,5-6,10H2,(H,19,21)(H,20,22)/t15-/m1/s1. The predicted molar refractivity (Wildman–Crippen MR) is 94.3 cm³/mol. The summed E-state index contributed by atoms with van der Waals surface area (Å²) < 4.78 is 31.2. The molecule has 7 nitrogen and oxygen atoms in total. The predicted octanol–water partition coefficient (Wildman–Crippen LogP) is 1.84. The number of carbonyl (C=O) groups is 2. The van der Waals surface area contributed by atoms with E-state index in [1.807, 2.05) is 0 Å². The Morgan fingerprint density at radius 3 is 2.42 bits per heavy atom. The Morgan fingerprint density at radius 2 is 1.85 bits per heavy atom. The molecule has 1 aromatic carbocycles. The van der Waals surface area contributed by atoms with Crippen molar-refractivity contribution in [2.75, 3.05) is 6.54 Å². The largest absolute Gasteiger partial charge is 0.468 e. The maximum atomic E-state index is 13.0. The summed E-state index contributed by atoms with van der Waals surface area (Å²) in [5, 5.41) is 4.16. The van der Waals surface area contributed by atoms with Gasteiger partial charge in [-0.25, -0.2) is 8.42 Å². The molecule has 1 atom stereocenters. The quantitative estimate of drug-likeness (QED) is 0.725. The number of hydrogen-bond donors (Lipinski definition) is 2. The van der Waals surface area contributed by atoms with Crippen LogP contribution in [0.2, 0.25) is 5.02 Å². The minimum Gasteiger partial charge on any atom is -0.468 e. The van der Waals surface area contributed by atoms with E-state index in [-0.39, 0.29) is 23.2 Å². The van der Waals surface area contributed by atoms with E-state index in [0.29, 0.717) is 5.02 Å². The number of carbonyl (C=O) groups excluding carboxylic acids is 2. The number of rotatable bonds is 6. The first-order valence-electron chi connectivity index (χ1n) is 7.99. The van der Waals surface area contributed by atoms with Gasteiger partial charge in [-0.15, -0.1) is 0 Å². The van der Waals surface area contributed by atoms with Gasteiger partial charge in [0, 0.05) is 17.6 Å². The number of sulfone groups is 1. The second kappa shape index (κ2) is 7.51. The van der Waals surface area contributed by atoms with E-state index in [2.05, 4.69) is 10.6 Å². The zero-order valence-corrected chi connectivity index (χ0v) is 15.2. The molecule has 0 saturated heterocycles. The molecule has 1 heterocycles. The third-order valence-electron chi connectivity index (χ3n) is 3.94. The SMILES string of the molecule is O=C(NC[C@H](c1ccco1)S(=O)(=O)c1ccc(Cl)cc1)C(=O)NC1CC1. The summed E-state index contributed by atoms with van der Waals surface area (Å²) in [5.41, 5.74) is 0. The lowest BCUT2D eigenvalue weighted by Gasteiger charge is -2.16. The van der Waals surface area contributed by atoms with Crippen molar-refractivity contribution in [2.45, 2.75) is 29.0 Å². The summed E-state index contributed by atoms with van der Waals surface area (Å²) in [4.78, 5) is 23.7. The van der Waals surface area contributed by atoms with Crippen LogP contribution >= 0.6 is 11.6 Å². The van der Waals surface area contributed by atoms with E-state index in [4.69, 9.17) is 16.0 Å². The van der Waals surface area contributed by atoms with Gasteiger partial charge in [-0.2, -0.15) is 0 Å². The van der Waals surface area contributed by atoms with Gasteiger partial charge in [0.15, 0.2) is 9.84 Å². The van der Waals surface area contributed by atoms with E-state index in [9.17, 15) is 18.0 Å². The molecular weight excluding hydrogens is 380 g/mol. The highest BCUT2D eigenvalue weighted by atomic mass is 35.5. The Hall–Kier alpha value is -2.32. The fourth-order valence-corrected chi connectivity index (χ4v) is 4.08. The summed E-state index contributed by atoms with van der Waals surface area (Å²) in [6.07, 6.45) is 3.04. The second-order valence-electron chi connectivity index (χ2n) is 5.96. The van der Waals surface area contributed by atoms with Crippen LogP contribution in [0.3, 0.4) is 0 Å². The van der Waals surface area contributed by atoms with Crippen LogP contribution in [0.5, 0.6) is 0 Å². The summed E-state index contributed by atoms with van der Waals surface area (Å²) in [5.74, 6) is -1.47. The number of furan rings is 1. The maximum Gasteiger partial charge on any atom is 0.309 e. The molecule has 2 aromatic rings. The first-order valence-corrected chi connectivity index (χ1v) is 9.92. The van der Waals surface area contributed by atoms with Gasteiger partial charge in [0.25, 0.3) is 0 Å². The summed E-state index contributed by atoms with van der Waals surface area (Å²) >= 11 is 5.81. The smallest absolute Gasteiger partial charge is 0.309 e. The van der Waals surface area contributed by atoms with E-state index in [1.54, 1.807) is 6.07 Å². The first-order chi connectivity index (χ1) is 12.4. The van der Waals surface area contributed by atoms with E-state index in [0.717, 1.165) is 12.8 Å². The summed E-state index contributed by atoms with van der Waals surface area (Å²) in [7, 11) is -3.87. The van der Waals surface area contributed by atoms with Crippen LogP contribution in [0.4, 0.5) is 0 Å². The van der Waals surface area contributed by atoms with Gasteiger partial charge in [0.05, 0.1) is 11.2 Å². The first kappa shape index (κ1) is 18.5. The average molecular weight is 397 g/mol. The molecule has 2 amide bonds. The zero-order chi connectivity index (χ0) is 18.7. The van der Waals surface area contributed by atoms with Crippen molar-refractivity contribution in [3.8, 4) is 0 Å². The topological polar surface area (TPSA) is 105 Å². The molecule has 0 bridgehead atoms. The zero-order valence-electron chi connectivity index (χ0n) is 13.6. The van der Waals surface area contributed by atoms with E-state index < -0.39 is 26.9 Å². The average Bonchev–Trinajstić information content (AvgIpc) is 3.26. The molecule has 0 radical (unpaired) electrons. The van der Waals surface area contributed by atoms with Crippen LogP contribution in [0.25, 0.3) is 0 Å². The molecule has 0 spiro atoms. The highest BCUT2D eigenvalue weighted by molar-refractivity contribution is 7.91. The molecule has 138 valence electrons. The minimum atomic E-state index is -3.87. The van der Waals surface area contributed by atoms with Crippen molar-refractivity contribution in [1.29, 1.82) is 0 Å². The van der Waals surface area contributed by atoms with Crippen LogP contribution in [-0.2, 0) is 19.4 Å². The summed E-state index contributed by atoms with van der Waals surface area (Å²) in [6, 6.07) is 8.80. The molecule has 26 heavy (non-hydrogen) atoms. The van der Waals surface area contributed by atoms with E-state index >= 15 is 0 Å². The number of hydrogen-bond acceptors (Lipinski definition) is 5. The lowest BCUT2D eigenvalue weighted by atomic mass is 10.3. The van der Waals surface area contributed by atoms with Gasteiger partial charge in [0.2, 0.25) is 0 Å². The number of nitrogens with one attached hydrogen (secondary N) is 2. The van der Waals surface area contributed by atoms with Crippen molar-refractivity contribution < 1.29 is 22.4 Å². The molecule has 1 aliphatic carbocycles. The Morgan fingerprint density at radius 1 is 1.15 bits per heavy atom. The van der Waals surface area contributed by atoms with Crippen molar-refractivity contribution in [1.82, 2.24) is 10.6 Å². The normalized spacial score (nSPS) is 15.3. The van der Waals surface area contributed by atoms with Gasteiger partial charge in [-0.05, 0) is 49.2 Å². The molecule has 1 fully saturated rings. The van der Waals surface area contributed by atoms with Crippen LogP contribution in [-0.4, -0.2) is 32.8 Å². The number of amides is 2. The molecule has 1 saturated carbocycles. The monoisotopic (exact) mass is 396 g/mol. The fraction of sp³-hybridized carbons (Fsp3) is 0.294. The minimum absolute atomic E-state index is 0.0342. The fourth-order valence-electron chi connectivity index (χ4n) is 2.37. The highest BCUT2D eigenvalue weighted by Gasteiger charge is 2.33. The Labute approximate surface area is 155 Å². The van der Waals surface area contributed by atoms with Crippen LogP contribution < -0.4 is 10.6 Å². The number of benzene rings is 1. The van der Waals surface area contributed by atoms with Gasteiger partial charge in [-0.3, -0.25) is 9.59 Å². The molecule has 3 rings (SSSR count). The van der Waals surface area contributed by atoms with Crippen LogP contribution in [0.15, 0.2) is 52.0 Å². The lowest BCUT2D eigenvalue weighted by Crippen LogP contribution is -2.43. The van der Waals surface area contributed by atoms with E-state index in [1.165, 1.54) is 36.6 Å². The Kier molecular flexibility index (Phi) is 5.33. The lowest BCUT2D eigenvalue weighted by molar-refractivity contribution is -0.139. The Bertz CT molecular complexity index is 890. The van der Waals surface area contributed by atoms with Crippen LogP contribution in [0, 0.1) is 0 Å². The molecular formula is C17H17ClN2O5S. The third-order valence-corrected chi connectivity index (χ3v) is 6.27. The van der Waals surface area contributed by atoms with Gasteiger partial charge < -0.3 is 15.1 Å². The molecule has 2 N–H and O–H groups in total. The van der Waals surface area contributed by atoms with Crippen molar-refractivity contribution in [3.63, 3.8) is 0 Å². The molecule has 0 unspecified atom stereocenters. The second-order valence-corrected chi connectivity index (χ2v) is 8.53. The van der Waals surface area contributed by atoms with Gasteiger partial charge in [0.1, 0.15) is 11.0 Å². The van der Waals surface area contributed by atoms with Crippen LogP contribution in [0.1, 0.15) is 23.9 Å². The Balaban J connectivity index is 1.78. The maximum absolute atomic E-state index is 13.0. The molecule has 9 heteroatoms. The van der Waals surface area contributed by atoms with Gasteiger partial charge >= 0.3 is 11.8 Å². The van der Waals surface area contributed by atoms with Crippen molar-refractivity contribution >= 4 is 33.3 Å². The number of halogens is 1. The van der Waals surface area contributed by atoms with Gasteiger partial charge in [-0.1, -0.05) is 11.6 Å². The van der Waals surface area contributed by atoms with Crippen molar-refractivity contribution in [3.05, 3.63) is 53.4 Å².